The summed E-state index contributed by atoms with van der Waals surface area (Å²) in [5.74, 6) is -1.90. The number of aromatic amines is 1. The molecule has 0 radical (unpaired) electrons. The Hall–Kier alpha value is -2.04. The van der Waals surface area contributed by atoms with E-state index in [4.69, 9.17) is 0 Å². The predicted octanol–water partition coefficient (Wildman–Crippen LogP) is 1.15. The molecular formula is C14H16N2O3. The number of fused-ring (bicyclic) bond motifs is 2. The van der Waals surface area contributed by atoms with Crippen LogP contribution < -0.4 is 5.32 Å². The lowest BCUT2D eigenvalue weighted by Gasteiger charge is -2.23. The van der Waals surface area contributed by atoms with Gasteiger partial charge in [0.2, 0.25) is 5.91 Å². The molecule has 0 spiro atoms. The first-order chi connectivity index (χ1) is 9.16. The van der Waals surface area contributed by atoms with Crippen molar-refractivity contribution in [2.24, 2.45) is 23.7 Å². The number of rotatable bonds is 4. The zero-order chi connectivity index (χ0) is 13.4. The van der Waals surface area contributed by atoms with Crippen LogP contribution in [0.15, 0.2) is 30.6 Å². The zero-order valence-electron chi connectivity index (χ0n) is 10.4. The molecular weight excluding hydrogens is 244 g/mol. The number of H-pyrrole nitrogens is 1. The molecule has 2 aliphatic rings. The van der Waals surface area contributed by atoms with Crippen LogP contribution in [0, 0.1) is 23.7 Å². The molecule has 3 N–H and O–H groups in total. The Morgan fingerprint density at radius 3 is 2.68 bits per heavy atom. The van der Waals surface area contributed by atoms with Crippen LogP contribution in [0.2, 0.25) is 0 Å². The Morgan fingerprint density at radius 2 is 2.05 bits per heavy atom. The van der Waals surface area contributed by atoms with E-state index in [-0.39, 0.29) is 17.7 Å². The number of aliphatic carboxylic acids is 1. The van der Waals surface area contributed by atoms with Gasteiger partial charge in [-0.25, -0.2) is 0 Å². The fourth-order valence-electron chi connectivity index (χ4n) is 3.29. The number of allylic oxidation sites excluding steroid dienone is 2. The molecule has 3 rings (SSSR count). The lowest BCUT2D eigenvalue weighted by Crippen LogP contribution is -2.39. The summed E-state index contributed by atoms with van der Waals surface area (Å²) >= 11 is 0. The summed E-state index contributed by atoms with van der Waals surface area (Å²) in [6.07, 6.45) is 8.33. The summed E-state index contributed by atoms with van der Waals surface area (Å²) in [6.45, 7) is 0.437. The lowest BCUT2D eigenvalue weighted by atomic mass is 9.82. The van der Waals surface area contributed by atoms with Gasteiger partial charge in [0.05, 0.1) is 11.8 Å². The normalized spacial score (nSPS) is 31.6. The number of amides is 1. The summed E-state index contributed by atoms with van der Waals surface area (Å²) in [6, 6.07) is 1.88. The summed E-state index contributed by atoms with van der Waals surface area (Å²) in [7, 11) is 0. The fourth-order valence-corrected chi connectivity index (χ4v) is 3.29. The average Bonchev–Trinajstić information content (AvgIpc) is 3.10. The molecule has 2 unspecified atom stereocenters. The fraction of sp³-hybridized carbons (Fsp3) is 0.429. The molecule has 4 atom stereocenters. The first kappa shape index (κ1) is 12.0. The highest BCUT2D eigenvalue weighted by Crippen LogP contribution is 2.48. The summed E-state index contributed by atoms with van der Waals surface area (Å²) in [4.78, 5) is 26.5. The molecule has 19 heavy (non-hydrogen) atoms. The van der Waals surface area contributed by atoms with Crippen LogP contribution in [0.5, 0.6) is 0 Å². The molecule has 0 saturated heterocycles. The van der Waals surface area contributed by atoms with E-state index in [0.717, 1.165) is 12.0 Å². The first-order valence-corrected chi connectivity index (χ1v) is 6.47. The zero-order valence-corrected chi connectivity index (χ0v) is 10.4. The topological polar surface area (TPSA) is 82.2 Å². The van der Waals surface area contributed by atoms with Gasteiger partial charge in [-0.1, -0.05) is 12.2 Å². The summed E-state index contributed by atoms with van der Waals surface area (Å²) < 4.78 is 0. The second kappa shape index (κ2) is 4.57. The monoisotopic (exact) mass is 260 g/mol. The second-order valence-corrected chi connectivity index (χ2v) is 5.28. The molecule has 5 nitrogen and oxygen atoms in total. The van der Waals surface area contributed by atoms with E-state index in [9.17, 15) is 14.7 Å². The minimum atomic E-state index is -0.862. The second-order valence-electron chi connectivity index (χ2n) is 5.28. The van der Waals surface area contributed by atoms with Crippen LogP contribution in [0.25, 0.3) is 0 Å². The van der Waals surface area contributed by atoms with E-state index >= 15 is 0 Å². The van der Waals surface area contributed by atoms with Crippen molar-refractivity contribution in [2.45, 2.75) is 13.0 Å². The molecule has 0 aliphatic heterocycles. The van der Waals surface area contributed by atoms with Crippen LogP contribution in [-0.2, 0) is 16.1 Å². The standard InChI is InChI=1S/C14H16N2O3/c17-13(16-7-8-3-4-15-6-8)11-9-1-2-10(5-9)12(11)14(18)19/h1-4,6,9-12,15H,5,7H2,(H,16,17)(H,18,19)/t9?,10?,11-,12+/m0/s1. The van der Waals surface area contributed by atoms with E-state index in [1.807, 2.05) is 24.4 Å². The molecule has 100 valence electrons. The Kier molecular flexibility index (Phi) is 2.89. The average molecular weight is 260 g/mol. The number of carbonyl (C=O) groups is 2. The molecule has 2 bridgehead atoms. The van der Waals surface area contributed by atoms with Crippen molar-refractivity contribution in [1.29, 1.82) is 0 Å². The van der Waals surface area contributed by atoms with Gasteiger partial charge in [0.15, 0.2) is 0 Å². The highest BCUT2D eigenvalue weighted by Gasteiger charge is 2.51. The third kappa shape index (κ3) is 2.05. The van der Waals surface area contributed by atoms with Gasteiger partial charge < -0.3 is 15.4 Å². The van der Waals surface area contributed by atoms with Crippen molar-refractivity contribution in [3.8, 4) is 0 Å². The molecule has 5 heteroatoms. The summed E-state index contributed by atoms with van der Waals surface area (Å²) in [5.41, 5.74) is 0.985. The minimum absolute atomic E-state index is 0.0190. The van der Waals surface area contributed by atoms with Crippen molar-refractivity contribution in [3.05, 3.63) is 36.2 Å². The summed E-state index contributed by atoms with van der Waals surface area (Å²) in [5, 5.41) is 12.1. The molecule has 1 aromatic rings. The number of aromatic nitrogens is 1. The predicted molar refractivity (Wildman–Crippen MR) is 68.0 cm³/mol. The van der Waals surface area contributed by atoms with Crippen molar-refractivity contribution in [3.63, 3.8) is 0 Å². The molecule has 1 aromatic heterocycles. The quantitative estimate of drug-likeness (QED) is 0.710. The molecule has 2 aliphatic carbocycles. The van der Waals surface area contributed by atoms with E-state index < -0.39 is 17.8 Å². The maximum atomic E-state index is 12.2. The van der Waals surface area contributed by atoms with Gasteiger partial charge in [-0.05, 0) is 29.9 Å². The Morgan fingerprint density at radius 1 is 1.32 bits per heavy atom. The van der Waals surface area contributed by atoms with Gasteiger partial charge in [0.25, 0.3) is 0 Å². The number of hydrogen-bond donors (Lipinski definition) is 3. The van der Waals surface area contributed by atoms with E-state index in [2.05, 4.69) is 10.3 Å². The minimum Gasteiger partial charge on any atom is -0.481 e. The van der Waals surface area contributed by atoms with E-state index in [1.165, 1.54) is 0 Å². The highest BCUT2D eigenvalue weighted by molar-refractivity contribution is 5.86. The van der Waals surface area contributed by atoms with E-state index in [1.54, 1.807) is 6.20 Å². The van der Waals surface area contributed by atoms with Crippen molar-refractivity contribution < 1.29 is 14.7 Å². The maximum Gasteiger partial charge on any atom is 0.307 e. The van der Waals surface area contributed by atoms with Crippen LogP contribution in [0.1, 0.15) is 12.0 Å². The Balaban J connectivity index is 1.68. The first-order valence-electron chi connectivity index (χ1n) is 6.47. The van der Waals surface area contributed by atoms with Crippen LogP contribution in [0.3, 0.4) is 0 Å². The van der Waals surface area contributed by atoms with Crippen LogP contribution >= 0.6 is 0 Å². The Labute approximate surface area is 110 Å². The van der Waals surface area contributed by atoms with Crippen molar-refractivity contribution in [1.82, 2.24) is 10.3 Å². The molecule has 1 fully saturated rings. The number of nitrogens with one attached hydrogen (secondary N) is 2. The van der Waals surface area contributed by atoms with Gasteiger partial charge >= 0.3 is 5.97 Å². The van der Waals surface area contributed by atoms with Gasteiger partial charge in [-0.3, -0.25) is 9.59 Å². The lowest BCUT2D eigenvalue weighted by molar-refractivity contribution is -0.147. The SMILES string of the molecule is O=C(O)[C@@H]1C2C=CC(C2)[C@@H]1C(=O)NCc1cc[nH]c1. The largest absolute Gasteiger partial charge is 0.481 e. The third-order valence-electron chi connectivity index (χ3n) is 4.18. The smallest absolute Gasteiger partial charge is 0.307 e. The maximum absolute atomic E-state index is 12.2. The van der Waals surface area contributed by atoms with Crippen LogP contribution in [-0.4, -0.2) is 22.0 Å². The molecule has 1 heterocycles. The van der Waals surface area contributed by atoms with Gasteiger partial charge in [-0.15, -0.1) is 0 Å². The third-order valence-corrected chi connectivity index (χ3v) is 4.18. The molecule has 1 saturated carbocycles. The van der Waals surface area contributed by atoms with Crippen molar-refractivity contribution in [2.75, 3.05) is 0 Å². The number of carbonyl (C=O) groups excluding carboxylic acids is 1. The highest BCUT2D eigenvalue weighted by atomic mass is 16.4. The molecule has 0 aromatic carbocycles. The van der Waals surface area contributed by atoms with Crippen molar-refractivity contribution >= 4 is 11.9 Å². The van der Waals surface area contributed by atoms with Gasteiger partial charge in [0.1, 0.15) is 0 Å². The van der Waals surface area contributed by atoms with Gasteiger partial charge in [0, 0.05) is 18.9 Å². The number of carboxylic acids is 1. The van der Waals surface area contributed by atoms with Gasteiger partial charge in [-0.2, -0.15) is 0 Å². The van der Waals surface area contributed by atoms with Crippen LogP contribution in [0.4, 0.5) is 0 Å². The molecule has 1 amide bonds. The number of carboxylic acid groups (broad SMARTS) is 1. The number of hydrogen-bond acceptors (Lipinski definition) is 2. The van der Waals surface area contributed by atoms with E-state index in [0.29, 0.717) is 6.54 Å². The Bertz CT molecular complexity index is 521.